The van der Waals surface area contributed by atoms with Crippen LogP contribution in [-0.2, 0) is 0 Å². The average molecular weight is 220 g/mol. The van der Waals surface area contributed by atoms with E-state index in [1.165, 1.54) is 5.56 Å². The zero-order chi connectivity index (χ0) is 10.7. The fourth-order valence-corrected chi connectivity index (χ4v) is 1.46. The fourth-order valence-electron chi connectivity index (χ4n) is 1.46. The van der Waals surface area contributed by atoms with Crippen LogP contribution in [0.25, 0.3) is 0 Å². The normalized spacial score (nSPS) is 9.31. The molecule has 0 heterocycles. The second-order valence-electron chi connectivity index (χ2n) is 3.56. The molecule has 0 bridgehead atoms. The molecule has 0 aromatic heterocycles. The fraction of sp³-hybridized carbons (Fsp3) is 0.0714. The van der Waals surface area contributed by atoms with Crippen molar-refractivity contribution in [2.75, 3.05) is 0 Å². The van der Waals surface area contributed by atoms with E-state index in [0.717, 1.165) is 11.1 Å². The van der Waals surface area contributed by atoms with Crippen molar-refractivity contribution in [1.29, 1.82) is 0 Å². The molecule has 2 rings (SSSR count). The zero-order valence-electron chi connectivity index (χ0n) is 10.6. The number of rotatable bonds is 2. The van der Waals surface area contributed by atoms with Gasteiger partial charge in [0.15, 0.2) is 5.78 Å². The van der Waals surface area contributed by atoms with Crippen LogP contribution in [0.4, 0.5) is 0 Å². The van der Waals surface area contributed by atoms with Gasteiger partial charge in [0.1, 0.15) is 0 Å². The Morgan fingerprint density at radius 1 is 0.875 bits per heavy atom. The number of benzene rings is 2. The molecule has 1 nitrogen and oxygen atoms in total. The maximum absolute atomic E-state index is 12.0. The number of aryl methyl sites for hydroxylation is 1. The van der Waals surface area contributed by atoms with Crippen molar-refractivity contribution in [2.45, 2.75) is 6.92 Å². The molecule has 2 aromatic rings. The van der Waals surface area contributed by atoms with E-state index >= 15 is 0 Å². The van der Waals surface area contributed by atoms with Crippen molar-refractivity contribution in [3.63, 3.8) is 0 Å². The predicted molar refractivity (Wildman–Crippen MR) is 62.2 cm³/mol. The minimum absolute atomic E-state index is 0. The summed E-state index contributed by atoms with van der Waals surface area (Å²) < 4.78 is 0. The standard InChI is InChI=1S/C14H12O.Na.H/c1-11-7-9-13(10-8-11)14(15)12-5-3-2-4-6-12;;/h2-10H,1H3;;/q;+1;-1. The van der Waals surface area contributed by atoms with Gasteiger partial charge in [-0.3, -0.25) is 4.79 Å². The minimum Gasteiger partial charge on any atom is -1.00 e. The van der Waals surface area contributed by atoms with Gasteiger partial charge in [-0.05, 0) is 6.92 Å². The molecule has 0 spiro atoms. The first-order valence-corrected chi connectivity index (χ1v) is 4.94. The Bertz CT molecular complexity index is 465. The second-order valence-corrected chi connectivity index (χ2v) is 3.56. The van der Waals surface area contributed by atoms with E-state index < -0.39 is 0 Å². The van der Waals surface area contributed by atoms with Crippen LogP contribution in [0.1, 0.15) is 22.9 Å². The molecule has 0 amide bonds. The number of carbonyl (C=O) groups is 1. The van der Waals surface area contributed by atoms with Crippen LogP contribution in [0.15, 0.2) is 54.6 Å². The maximum Gasteiger partial charge on any atom is 1.00 e. The monoisotopic (exact) mass is 220 g/mol. The van der Waals surface area contributed by atoms with Crippen molar-refractivity contribution in [3.8, 4) is 0 Å². The van der Waals surface area contributed by atoms with Crippen LogP contribution in [0, 0.1) is 6.92 Å². The Labute approximate surface area is 119 Å². The molecule has 76 valence electrons. The van der Waals surface area contributed by atoms with E-state index in [2.05, 4.69) is 0 Å². The first-order chi connectivity index (χ1) is 7.27. The molecule has 0 radical (unpaired) electrons. The van der Waals surface area contributed by atoms with Crippen LogP contribution in [0.3, 0.4) is 0 Å². The molecule has 0 aliphatic heterocycles. The first-order valence-electron chi connectivity index (χ1n) is 4.94. The van der Waals surface area contributed by atoms with Crippen LogP contribution in [0.2, 0.25) is 0 Å². The Morgan fingerprint density at radius 2 is 1.38 bits per heavy atom. The second kappa shape index (κ2) is 6.00. The van der Waals surface area contributed by atoms with Crippen LogP contribution >= 0.6 is 0 Å². The Kier molecular flexibility index (Phi) is 4.94. The van der Waals surface area contributed by atoms with E-state index in [-0.39, 0.29) is 36.8 Å². The summed E-state index contributed by atoms with van der Waals surface area (Å²) in [5, 5.41) is 0. The molecule has 0 aliphatic carbocycles. The molecule has 0 saturated heterocycles. The molecule has 0 atom stereocenters. The summed E-state index contributed by atoms with van der Waals surface area (Å²) in [5.41, 5.74) is 2.65. The Balaban J connectivity index is 0.00000128. The van der Waals surface area contributed by atoms with Gasteiger partial charge in [0.2, 0.25) is 0 Å². The number of ketones is 1. The molecule has 2 aromatic carbocycles. The number of hydrogen-bond acceptors (Lipinski definition) is 1. The summed E-state index contributed by atoms with van der Waals surface area (Å²) in [5.74, 6) is 0.0793. The molecular weight excluding hydrogens is 207 g/mol. The van der Waals surface area contributed by atoms with Crippen molar-refractivity contribution in [3.05, 3.63) is 71.3 Å². The van der Waals surface area contributed by atoms with Crippen molar-refractivity contribution < 1.29 is 35.8 Å². The third-order valence-electron chi connectivity index (χ3n) is 2.35. The van der Waals surface area contributed by atoms with Crippen LogP contribution in [0.5, 0.6) is 0 Å². The molecule has 0 unspecified atom stereocenters. The third kappa shape index (κ3) is 3.05. The van der Waals surface area contributed by atoms with Gasteiger partial charge in [0.05, 0.1) is 0 Å². The van der Waals surface area contributed by atoms with E-state index in [9.17, 15) is 4.79 Å². The summed E-state index contributed by atoms with van der Waals surface area (Å²) in [6.45, 7) is 2.01. The molecular formula is C14H13NaO. The summed E-state index contributed by atoms with van der Waals surface area (Å²) in [6.07, 6.45) is 0. The van der Waals surface area contributed by atoms with E-state index in [0.29, 0.717) is 0 Å². The number of carbonyl (C=O) groups excluding carboxylic acids is 1. The average Bonchev–Trinajstić information content (AvgIpc) is 2.30. The molecule has 0 saturated carbocycles. The van der Waals surface area contributed by atoms with Crippen molar-refractivity contribution in [2.24, 2.45) is 0 Å². The topological polar surface area (TPSA) is 17.1 Å². The van der Waals surface area contributed by atoms with Crippen molar-refractivity contribution >= 4 is 5.78 Å². The maximum atomic E-state index is 12.0. The smallest absolute Gasteiger partial charge is 1.00 e. The van der Waals surface area contributed by atoms with Crippen LogP contribution < -0.4 is 29.6 Å². The molecule has 16 heavy (non-hydrogen) atoms. The summed E-state index contributed by atoms with van der Waals surface area (Å²) >= 11 is 0. The molecule has 2 heteroatoms. The summed E-state index contributed by atoms with van der Waals surface area (Å²) in [4.78, 5) is 12.0. The quantitative estimate of drug-likeness (QED) is 0.527. The van der Waals surface area contributed by atoms with E-state index in [1.807, 2.05) is 61.5 Å². The number of hydrogen-bond donors (Lipinski definition) is 0. The van der Waals surface area contributed by atoms with Gasteiger partial charge in [-0.15, -0.1) is 0 Å². The van der Waals surface area contributed by atoms with Gasteiger partial charge >= 0.3 is 29.6 Å². The summed E-state index contributed by atoms with van der Waals surface area (Å²) in [7, 11) is 0. The van der Waals surface area contributed by atoms with Gasteiger partial charge in [0.25, 0.3) is 0 Å². The summed E-state index contributed by atoms with van der Waals surface area (Å²) in [6, 6.07) is 17.0. The first kappa shape index (κ1) is 13.2. The minimum atomic E-state index is 0. The van der Waals surface area contributed by atoms with E-state index in [1.54, 1.807) is 0 Å². The zero-order valence-corrected chi connectivity index (χ0v) is 11.6. The van der Waals surface area contributed by atoms with Gasteiger partial charge in [-0.1, -0.05) is 60.2 Å². The third-order valence-corrected chi connectivity index (χ3v) is 2.35. The predicted octanol–water partition coefficient (Wildman–Crippen LogP) is 0.343. The molecule has 0 fully saturated rings. The van der Waals surface area contributed by atoms with Gasteiger partial charge < -0.3 is 1.43 Å². The largest absolute Gasteiger partial charge is 1.00 e. The van der Waals surface area contributed by atoms with Crippen molar-refractivity contribution in [1.82, 2.24) is 0 Å². The van der Waals surface area contributed by atoms with Gasteiger partial charge in [-0.2, -0.15) is 0 Å². The molecule has 0 N–H and O–H groups in total. The Hall–Kier alpha value is -0.890. The molecule has 0 aliphatic rings. The van der Waals surface area contributed by atoms with Gasteiger partial charge in [-0.25, -0.2) is 0 Å². The SMILES string of the molecule is Cc1ccc(C(=O)c2ccccc2)cc1.[H-].[Na+]. The Morgan fingerprint density at radius 3 is 1.94 bits per heavy atom. The van der Waals surface area contributed by atoms with Gasteiger partial charge in [0, 0.05) is 11.1 Å². The van der Waals surface area contributed by atoms with E-state index in [4.69, 9.17) is 0 Å². The van der Waals surface area contributed by atoms with Crippen LogP contribution in [-0.4, -0.2) is 5.78 Å².